The molecule has 2 heterocycles. The molecule has 0 fully saturated rings. The van der Waals surface area contributed by atoms with Gasteiger partial charge in [0.05, 0.1) is 0 Å². The zero-order valence-electron chi connectivity index (χ0n) is 9.97. The summed E-state index contributed by atoms with van der Waals surface area (Å²) in [4.78, 5) is 20.0. The molecule has 2 rings (SSSR count). The van der Waals surface area contributed by atoms with Gasteiger partial charge in [0.1, 0.15) is 5.69 Å². The summed E-state index contributed by atoms with van der Waals surface area (Å²) < 4.78 is 5.01. The number of aromatic nitrogens is 3. The maximum Gasteiger partial charge on any atom is 0.276 e. The van der Waals surface area contributed by atoms with E-state index in [1.807, 2.05) is 13.8 Å². The normalized spacial score (nSPS) is 10.8. The van der Waals surface area contributed by atoms with Crippen molar-refractivity contribution in [2.45, 2.75) is 20.8 Å². The maximum absolute atomic E-state index is 11.8. The lowest BCUT2D eigenvalue weighted by molar-refractivity contribution is 0.0939. The van der Waals surface area contributed by atoms with Gasteiger partial charge in [-0.05, 0) is 19.1 Å². The quantitative estimate of drug-likeness (QED) is 0.758. The number of ketones is 1. The van der Waals surface area contributed by atoms with Crippen LogP contribution in [0.25, 0.3) is 11.6 Å². The lowest BCUT2D eigenvalue weighted by Gasteiger charge is -2.04. The van der Waals surface area contributed by atoms with Crippen LogP contribution >= 0.6 is 0 Å². The molecular weight excluding hydrogens is 218 g/mol. The van der Waals surface area contributed by atoms with Crippen molar-refractivity contribution in [3.63, 3.8) is 0 Å². The second kappa shape index (κ2) is 4.45. The van der Waals surface area contributed by atoms with E-state index in [2.05, 4.69) is 15.1 Å². The summed E-state index contributed by atoms with van der Waals surface area (Å²) in [5.41, 5.74) is 1.14. The smallest absolute Gasteiger partial charge is 0.276 e. The second-order valence-electron chi connectivity index (χ2n) is 4.10. The number of hydrogen-bond donors (Lipinski definition) is 0. The average Bonchev–Trinajstić information content (AvgIpc) is 2.75. The van der Waals surface area contributed by atoms with Gasteiger partial charge in [-0.25, -0.2) is 0 Å². The Kier molecular flexibility index (Phi) is 2.99. The van der Waals surface area contributed by atoms with Gasteiger partial charge in [-0.3, -0.25) is 9.78 Å². The van der Waals surface area contributed by atoms with Crippen molar-refractivity contribution in [2.75, 3.05) is 0 Å². The minimum Gasteiger partial charge on any atom is -0.332 e. The number of hydrogen-bond acceptors (Lipinski definition) is 5. The Labute approximate surface area is 98.9 Å². The highest BCUT2D eigenvalue weighted by molar-refractivity contribution is 5.97. The van der Waals surface area contributed by atoms with Crippen LogP contribution < -0.4 is 0 Å². The van der Waals surface area contributed by atoms with Gasteiger partial charge in [0.2, 0.25) is 0 Å². The minimum absolute atomic E-state index is 0.0466. The summed E-state index contributed by atoms with van der Waals surface area (Å²) in [6.07, 6.45) is 1.57. The van der Waals surface area contributed by atoms with Crippen molar-refractivity contribution in [2.24, 2.45) is 5.92 Å². The van der Waals surface area contributed by atoms with Gasteiger partial charge in [0, 0.05) is 17.7 Å². The minimum atomic E-state index is -0.0466. The third-order valence-electron chi connectivity index (χ3n) is 2.32. The van der Waals surface area contributed by atoms with Crippen LogP contribution in [0.1, 0.15) is 30.0 Å². The van der Waals surface area contributed by atoms with E-state index in [1.54, 1.807) is 25.3 Å². The molecule has 0 saturated carbocycles. The van der Waals surface area contributed by atoms with Crippen molar-refractivity contribution in [1.82, 2.24) is 15.1 Å². The molecule has 17 heavy (non-hydrogen) atoms. The van der Waals surface area contributed by atoms with Gasteiger partial charge >= 0.3 is 0 Å². The Balaban J connectivity index is 2.38. The molecule has 88 valence electrons. The number of pyridine rings is 1. The van der Waals surface area contributed by atoms with Gasteiger partial charge in [0.25, 0.3) is 5.89 Å². The first-order valence-corrected chi connectivity index (χ1v) is 5.39. The third kappa shape index (κ3) is 2.38. The zero-order chi connectivity index (χ0) is 12.4. The standard InChI is InChI=1S/C12H13N3O2/c1-7(2)11(16)9-4-5-13-10(6-9)12-14-8(3)15-17-12/h4-7H,1-3H3. The first-order valence-electron chi connectivity index (χ1n) is 5.39. The molecule has 0 aliphatic heterocycles. The van der Waals surface area contributed by atoms with Gasteiger partial charge in [-0.2, -0.15) is 4.98 Å². The summed E-state index contributed by atoms with van der Waals surface area (Å²) in [5, 5.41) is 3.69. The van der Waals surface area contributed by atoms with Crippen molar-refractivity contribution in [1.29, 1.82) is 0 Å². The van der Waals surface area contributed by atoms with Crippen molar-refractivity contribution >= 4 is 5.78 Å². The first-order chi connectivity index (χ1) is 8.08. The molecule has 2 aromatic rings. The molecule has 0 radical (unpaired) electrons. The molecule has 0 amide bonds. The third-order valence-corrected chi connectivity index (χ3v) is 2.32. The molecular formula is C12H13N3O2. The highest BCUT2D eigenvalue weighted by Gasteiger charge is 2.14. The summed E-state index contributed by atoms with van der Waals surface area (Å²) in [7, 11) is 0. The van der Waals surface area contributed by atoms with Crippen molar-refractivity contribution < 1.29 is 9.32 Å². The Morgan fingerprint density at radius 1 is 1.41 bits per heavy atom. The average molecular weight is 231 g/mol. The van der Waals surface area contributed by atoms with Gasteiger partial charge in [-0.15, -0.1) is 0 Å². The van der Waals surface area contributed by atoms with Crippen LogP contribution in [-0.2, 0) is 0 Å². The van der Waals surface area contributed by atoms with Crippen LogP contribution in [0.5, 0.6) is 0 Å². The van der Waals surface area contributed by atoms with E-state index in [-0.39, 0.29) is 11.7 Å². The molecule has 5 nitrogen and oxygen atoms in total. The second-order valence-corrected chi connectivity index (χ2v) is 4.10. The van der Waals surface area contributed by atoms with Crippen LogP contribution in [0.2, 0.25) is 0 Å². The summed E-state index contributed by atoms with van der Waals surface area (Å²) >= 11 is 0. The summed E-state index contributed by atoms with van der Waals surface area (Å²) in [6.45, 7) is 5.45. The van der Waals surface area contributed by atoms with Crippen LogP contribution in [-0.4, -0.2) is 20.9 Å². The number of aryl methyl sites for hydroxylation is 1. The van der Waals surface area contributed by atoms with E-state index in [9.17, 15) is 4.79 Å². The lowest BCUT2D eigenvalue weighted by Crippen LogP contribution is -2.07. The Hall–Kier alpha value is -2.04. The topological polar surface area (TPSA) is 68.9 Å². The Morgan fingerprint density at radius 2 is 2.18 bits per heavy atom. The molecule has 0 aliphatic carbocycles. The number of carbonyl (C=O) groups excluding carboxylic acids is 1. The van der Waals surface area contributed by atoms with Crippen molar-refractivity contribution in [3.8, 4) is 11.6 Å². The van der Waals surface area contributed by atoms with E-state index in [0.717, 1.165) is 0 Å². The molecule has 0 unspecified atom stereocenters. The molecule has 5 heteroatoms. The molecule has 0 aliphatic rings. The zero-order valence-corrected chi connectivity index (χ0v) is 9.97. The first kappa shape index (κ1) is 11.4. The van der Waals surface area contributed by atoms with E-state index in [0.29, 0.717) is 23.0 Å². The van der Waals surface area contributed by atoms with Gasteiger partial charge in [-0.1, -0.05) is 19.0 Å². The fraction of sp³-hybridized carbons (Fsp3) is 0.333. The van der Waals surface area contributed by atoms with Crippen LogP contribution in [0, 0.1) is 12.8 Å². The number of nitrogens with zero attached hydrogens (tertiary/aromatic N) is 3. The molecule has 0 N–H and O–H groups in total. The fourth-order valence-corrected chi connectivity index (χ4v) is 1.44. The largest absolute Gasteiger partial charge is 0.332 e. The summed E-state index contributed by atoms with van der Waals surface area (Å²) in [6, 6.07) is 3.37. The molecule has 0 bridgehead atoms. The fourth-order valence-electron chi connectivity index (χ4n) is 1.44. The Bertz CT molecular complexity index is 546. The van der Waals surface area contributed by atoms with E-state index < -0.39 is 0 Å². The SMILES string of the molecule is Cc1noc(-c2cc(C(=O)C(C)C)ccn2)n1. The van der Waals surface area contributed by atoms with Crippen LogP contribution in [0.3, 0.4) is 0 Å². The van der Waals surface area contributed by atoms with Gasteiger partial charge < -0.3 is 4.52 Å². The van der Waals surface area contributed by atoms with E-state index in [1.165, 1.54) is 0 Å². The van der Waals surface area contributed by atoms with Crippen LogP contribution in [0.4, 0.5) is 0 Å². The van der Waals surface area contributed by atoms with Crippen molar-refractivity contribution in [3.05, 3.63) is 29.7 Å². The Morgan fingerprint density at radius 3 is 2.76 bits per heavy atom. The monoisotopic (exact) mass is 231 g/mol. The highest BCUT2D eigenvalue weighted by Crippen LogP contribution is 2.17. The van der Waals surface area contributed by atoms with Gasteiger partial charge in [0.15, 0.2) is 11.6 Å². The predicted octanol–water partition coefficient (Wildman–Crippen LogP) is 2.28. The molecule has 2 aromatic heterocycles. The van der Waals surface area contributed by atoms with E-state index >= 15 is 0 Å². The van der Waals surface area contributed by atoms with E-state index in [4.69, 9.17) is 4.52 Å². The maximum atomic E-state index is 11.8. The highest BCUT2D eigenvalue weighted by atomic mass is 16.5. The number of carbonyl (C=O) groups is 1. The predicted molar refractivity (Wildman–Crippen MR) is 61.4 cm³/mol. The molecule has 0 spiro atoms. The van der Waals surface area contributed by atoms with Crippen LogP contribution in [0.15, 0.2) is 22.9 Å². The molecule has 0 saturated heterocycles. The molecule has 0 aromatic carbocycles. The lowest BCUT2D eigenvalue weighted by atomic mass is 10.0. The number of rotatable bonds is 3. The summed E-state index contributed by atoms with van der Waals surface area (Å²) in [5.74, 6) is 0.905. The molecule has 0 atom stereocenters. The number of Topliss-reactive ketones (excluding diaryl/α,β-unsaturated/α-hetero) is 1.